The maximum absolute atomic E-state index is 12.9. The Morgan fingerprint density at radius 1 is 1.00 bits per heavy atom. The quantitative estimate of drug-likeness (QED) is 0.502. The zero-order valence-electron chi connectivity index (χ0n) is 20.8. The third kappa shape index (κ3) is 6.30. The second kappa shape index (κ2) is 11.6. The summed E-state index contributed by atoms with van der Waals surface area (Å²) in [7, 11) is -1.85. The molecule has 0 aliphatic carbocycles. The molecule has 190 valence electrons. The van der Waals surface area contributed by atoms with Gasteiger partial charge in [-0.2, -0.15) is 4.31 Å². The van der Waals surface area contributed by atoms with Crippen LogP contribution in [-0.4, -0.2) is 69.8 Å². The molecular weight excluding hydrogens is 462 g/mol. The summed E-state index contributed by atoms with van der Waals surface area (Å²) in [6.45, 7) is 6.24. The lowest BCUT2D eigenvalue weighted by molar-refractivity contribution is 0.0987. The number of carbonyl (C=O) groups is 1. The maximum Gasteiger partial charge on any atom is 0.243 e. The van der Waals surface area contributed by atoms with Crippen LogP contribution in [0.25, 0.3) is 0 Å². The van der Waals surface area contributed by atoms with Gasteiger partial charge in [-0.3, -0.25) is 9.69 Å². The van der Waals surface area contributed by atoms with Gasteiger partial charge in [0.1, 0.15) is 5.75 Å². The number of methoxy groups -OCH3 is 1. The highest BCUT2D eigenvalue weighted by atomic mass is 32.2. The summed E-state index contributed by atoms with van der Waals surface area (Å²) in [6, 6.07) is 14.7. The Labute approximate surface area is 209 Å². The largest absolute Gasteiger partial charge is 0.497 e. The van der Waals surface area contributed by atoms with Crippen molar-refractivity contribution in [2.24, 2.45) is 5.92 Å². The summed E-state index contributed by atoms with van der Waals surface area (Å²) in [4.78, 5) is 15.5. The van der Waals surface area contributed by atoms with Crippen LogP contribution in [0.5, 0.6) is 5.75 Å². The molecule has 2 fully saturated rings. The van der Waals surface area contributed by atoms with Crippen LogP contribution in [0.3, 0.4) is 0 Å². The van der Waals surface area contributed by atoms with E-state index in [1.807, 2.05) is 12.1 Å². The number of hydrogen-bond acceptors (Lipinski definition) is 6. The fourth-order valence-electron chi connectivity index (χ4n) is 4.95. The first-order chi connectivity index (χ1) is 16.9. The van der Waals surface area contributed by atoms with Gasteiger partial charge in [0.2, 0.25) is 10.0 Å². The average Bonchev–Trinajstić information content (AvgIpc) is 3.42. The van der Waals surface area contributed by atoms with E-state index < -0.39 is 10.0 Å². The molecule has 8 heteroatoms. The third-order valence-corrected chi connectivity index (χ3v) is 9.17. The summed E-state index contributed by atoms with van der Waals surface area (Å²) in [5.41, 5.74) is 1.72. The Hall–Kier alpha value is -2.26. The van der Waals surface area contributed by atoms with Crippen LogP contribution < -0.4 is 10.1 Å². The number of rotatable bonds is 10. The van der Waals surface area contributed by atoms with E-state index in [0.717, 1.165) is 31.7 Å². The Morgan fingerprint density at radius 3 is 2.23 bits per heavy atom. The van der Waals surface area contributed by atoms with Crippen molar-refractivity contribution in [2.45, 2.75) is 43.5 Å². The number of carbonyl (C=O) groups excluding carboxylic acids is 1. The van der Waals surface area contributed by atoms with Gasteiger partial charge < -0.3 is 10.1 Å². The number of likely N-dealkylation sites (tertiary alicyclic amines) is 1. The summed E-state index contributed by atoms with van der Waals surface area (Å²) < 4.78 is 32.7. The molecule has 2 aromatic carbocycles. The number of hydrogen-bond donors (Lipinski definition) is 1. The van der Waals surface area contributed by atoms with Crippen LogP contribution in [0.2, 0.25) is 0 Å². The topological polar surface area (TPSA) is 78.9 Å². The second-order valence-corrected chi connectivity index (χ2v) is 11.6. The van der Waals surface area contributed by atoms with Crippen LogP contribution in [0.4, 0.5) is 0 Å². The summed E-state index contributed by atoms with van der Waals surface area (Å²) in [6.07, 6.45) is 4.15. The molecule has 0 amide bonds. The van der Waals surface area contributed by atoms with Crippen LogP contribution >= 0.6 is 0 Å². The number of nitrogens with one attached hydrogen (secondary N) is 1. The molecule has 0 aromatic heterocycles. The van der Waals surface area contributed by atoms with Gasteiger partial charge in [0, 0.05) is 31.2 Å². The first-order valence-corrected chi connectivity index (χ1v) is 14.0. The van der Waals surface area contributed by atoms with Crippen molar-refractivity contribution in [3.63, 3.8) is 0 Å². The molecule has 0 bridgehead atoms. The zero-order valence-corrected chi connectivity index (χ0v) is 21.6. The van der Waals surface area contributed by atoms with Gasteiger partial charge in [-0.25, -0.2) is 8.42 Å². The molecule has 0 saturated carbocycles. The Bertz CT molecular complexity index is 1070. The van der Waals surface area contributed by atoms with Gasteiger partial charge in [0.25, 0.3) is 0 Å². The molecular formula is C27H37N3O4S. The summed E-state index contributed by atoms with van der Waals surface area (Å²) >= 11 is 0. The smallest absolute Gasteiger partial charge is 0.243 e. The fraction of sp³-hybridized carbons (Fsp3) is 0.519. The van der Waals surface area contributed by atoms with Gasteiger partial charge in [-0.15, -0.1) is 0 Å². The van der Waals surface area contributed by atoms with E-state index in [1.54, 1.807) is 35.7 Å². The van der Waals surface area contributed by atoms with E-state index in [0.29, 0.717) is 31.1 Å². The molecule has 2 aliphatic heterocycles. The van der Waals surface area contributed by atoms with Gasteiger partial charge in [0.15, 0.2) is 5.78 Å². The molecule has 0 spiro atoms. The first-order valence-electron chi connectivity index (χ1n) is 12.6. The molecule has 1 atom stereocenters. The van der Waals surface area contributed by atoms with Gasteiger partial charge in [-0.05, 0) is 74.5 Å². The molecule has 7 nitrogen and oxygen atoms in total. The monoisotopic (exact) mass is 499 g/mol. The van der Waals surface area contributed by atoms with Crippen molar-refractivity contribution in [3.8, 4) is 5.75 Å². The third-order valence-electron chi connectivity index (χ3n) is 7.26. The van der Waals surface area contributed by atoms with Crippen molar-refractivity contribution in [2.75, 3.05) is 46.4 Å². The van der Waals surface area contributed by atoms with E-state index in [-0.39, 0.29) is 23.3 Å². The predicted octanol–water partition coefficient (Wildman–Crippen LogP) is 3.73. The lowest BCUT2D eigenvalue weighted by Gasteiger charge is -2.29. The predicted molar refractivity (Wildman–Crippen MR) is 137 cm³/mol. The molecule has 2 heterocycles. The standard InChI is InChI=1S/C27H37N3O4S/c1-21-13-17-30(18-14-21)35(32,33)25-11-7-23(8-12-25)27(31)20-28-19-26(29-15-3-4-16-29)22-5-9-24(34-2)10-6-22/h5-12,21,26,28H,3-4,13-20H2,1-2H3. The number of ketones is 1. The zero-order chi connectivity index (χ0) is 24.8. The van der Waals surface area contributed by atoms with Crippen LogP contribution in [0.15, 0.2) is 53.4 Å². The minimum atomic E-state index is -3.51. The number of Topliss-reactive ketones (excluding diaryl/α,β-unsaturated/α-hetero) is 1. The van der Waals surface area contributed by atoms with E-state index in [4.69, 9.17) is 4.74 Å². The van der Waals surface area contributed by atoms with Crippen molar-refractivity contribution in [1.82, 2.24) is 14.5 Å². The van der Waals surface area contributed by atoms with Gasteiger partial charge in [-0.1, -0.05) is 31.2 Å². The Morgan fingerprint density at radius 2 is 1.63 bits per heavy atom. The average molecular weight is 500 g/mol. The van der Waals surface area contributed by atoms with E-state index in [2.05, 4.69) is 29.3 Å². The number of sulfonamides is 1. The number of piperidine rings is 1. The van der Waals surface area contributed by atoms with E-state index >= 15 is 0 Å². The molecule has 0 radical (unpaired) electrons. The van der Waals surface area contributed by atoms with E-state index in [1.165, 1.54) is 18.4 Å². The molecule has 2 saturated heterocycles. The highest BCUT2D eigenvalue weighted by Gasteiger charge is 2.28. The van der Waals surface area contributed by atoms with Crippen molar-refractivity contribution in [1.29, 1.82) is 0 Å². The van der Waals surface area contributed by atoms with Crippen LogP contribution in [0.1, 0.15) is 54.6 Å². The number of benzene rings is 2. The van der Waals surface area contributed by atoms with Crippen molar-refractivity contribution >= 4 is 15.8 Å². The normalized spacial score (nSPS) is 19.0. The highest BCUT2D eigenvalue weighted by molar-refractivity contribution is 7.89. The first kappa shape index (κ1) is 25.8. The lowest BCUT2D eigenvalue weighted by atomic mass is 10.0. The van der Waals surface area contributed by atoms with Crippen LogP contribution in [-0.2, 0) is 10.0 Å². The van der Waals surface area contributed by atoms with E-state index in [9.17, 15) is 13.2 Å². The van der Waals surface area contributed by atoms with Gasteiger partial charge >= 0.3 is 0 Å². The Balaban J connectivity index is 1.35. The highest BCUT2D eigenvalue weighted by Crippen LogP contribution is 2.27. The molecule has 1 N–H and O–H groups in total. The molecule has 2 aromatic rings. The van der Waals surface area contributed by atoms with Crippen molar-refractivity contribution in [3.05, 3.63) is 59.7 Å². The van der Waals surface area contributed by atoms with Crippen molar-refractivity contribution < 1.29 is 17.9 Å². The second-order valence-electron chi connectivity index (χ2n) is 9.70. The summed E-state index contributed by atoms with van der Waals surface area (Å²) in [5, 5.41) is 3.34. The minimum Gasteiger partial charge on any atom is -0.497 e. The summed E-state index contributed by atoms with van der Waals surface area (Å²) in [5.74, 6) is 1.34. The molecule has 4 rings (SSSR count). The molecule has 35 heavy (non-hydrogen) atoms. The number of nitrogens with zero attached hydrogens (tertiary/aromatic N) is 2. The minimum absolute atomic E-state index is 0.0457. The fourth-order valence-corrected chi connectivity index (χ4v) is 6.42. The Kier molecular flexibility index (Phi) is 8.59. The SMILES string of the molecule is COc1ccc(C(CNCC(=O)c2ccc(S(=O)(=O)N3CCC(C)CC3)cc2)N2CCCC2)cc1. The molecule has 2 aliphatic rings. The lowest BCUT2D eigenvalue weighted by Crippen LogP contribution is -2.37. The number of ether oxygens (including phenoxy) is 1. The molecule has 1 unspecified atom stereocenters. The van der Waals surface area contributed by atoms with Crippen LogP contribution in [0, 0.1) is 5.92 Å². The van der Waals surface area contributed by atoms with Gasteiger partial charge in [0.05, 0.1) is 18.6 Å². The maximum atomic E-state index is 12.9.